The summed E-state index contributed by atoms with van der Waals surface area (Å²) in [5, 5.41) is 9.88. The van der Waals surface area contributed by atoms with Crippen molar-refractivity contribution in [2.24, 2.45) is 5.73 Å². The first-order chi connectivity index (χ1) is 7.48. The fraction of sp³-hybridized carbons (Fsp3) is 0.455. The molecular weight excluding hydrogens is 222 g/mol. The molecule has 0 amide bonds. The number of aromatic nitrogens is 1. The Morgan fingerprint density at radius 2 is 2.38 bits per heavy atom. The van der Waals surface area contributed by atoms with Crippen LogP contribution in [0.4, 0.5) is 5.82 Å². The summed E-state index contributed by atoms with van der Waals surface area (Å²) in [7, 11) is 0. The minimum atomic E-state index is -0.624. The van der Waals surface area contributed by atoms with Gasteiger partial charge in [-0.05, 0) is 25.5 Å². The van der Waals surface area contributed by atoms with Crippen LogP contribution in [0.15, 0.2) is 18.2 Å². The summed E-state index contributed by atoms with van der Waals surface area (Å²) >= 11 is 4.89. The minimum absolute atomic E-state index is 0.299. The van der Waals surface area contributed by atoms with E-state index < -0.39 is 5.60 Å². The van der Waals surface area contributed by atoms with Crippen molar-refractivity contribution < 1.29 is 5.11 Å². The molecule has 1 aromatic heterocycles. The third kappa shape index (κ3) is 2.31. The van der Waals surface area contributed by atoms with E-state index in [2.05, 4.69) is 4.98 Å². The minimum Gasteiger partial charge on any atom is -0.388 e. The molecule has 86 valence electrons. The molecule has 0 aromatic carbocycles. The van der Waals surface area contributed by atoms with Gasteiger partial charge in [0.2, 0.25) is 0 Å². The Labute approximate surface area is 100 Å². The van der Waals surface area contributed by atoms with E-state index in [1.54, 1.807) is 6.07 Å². The van der Waals surface area contributed by atoms with Crippen LogP contribution in [0.1, 0.15) is 19.0 Å². The van der Waals surface area contributed by atoms with Crippen LogP contribution < -0.4 is 10.6 Å². The lowest BCUT2D eigenvalue weighted by Crippen LogP contribution is -2.30. The van der Waals surface area contributed by atoms with Gasteiger partial charge in [0.1, 0.15) is 10.8 Å². The van der Waals surface area contributed by atoms with E-state index in [1.807, 2.05) is 24.0 Å². The third-order valence-corrected chi connectivity index (χ3v) is 2.97. The molecule has 2 rings (SSSR count). The van der Waals surface area contributed by atoms with Crippen LogP contribution in [-0.4, -0.2) is 33.8 Å². The van der Waals surface area contributed by atoms with Gasteiger partial charge in [-0.1, -0.05) is 18.3 Å². The fourth-order valence-corrected chi connectivity index (χ4v) is 1.99. The van der Waals surface area contributed by atoms with Crippen LogP contribution in [-0.2, 0) is 0 Å². The second-order valence-electron chi connectivity index (χ2n) is 4.41. The summed E-state index contributed by atoms with van der Waals surface area (Å²) in [4.78, 5) is 6.71. The number of thiocarbonyl (C=S) groups is 1. The number of hydrogen-bond acceptors (Lipinski definition) is 4. The summed E-state index contributed by atoms with van der Waals surface area (Å²) in [6.45, 7) is 3.24. The largest absolute Gasteiger partial charge is 0.388 e. The highest BCUT2D eigenvalue weighted by atomic mass is 32.1. The van der Waals surface area contributed by atoms with Gasteiger partial charge in [0.15, 0.2) is 0 Å². The molecule has 1 atom stereocenters. The summed E-state index contributed by atoms with van der Waals surface area (Å²) < 4.78 is 0. The zero-order valence-corrected chi connectivity index (χ0v) is 10.00. The number of anilines is 1. The summed E-state index contributed by atoms with van der Waals surface area (Å²) in [6.07, 6.45) is 0.756. The Hall–Kier alpha value is -1.20. The molecule has 0 aliphatic carbocycles. The van der Waals surface area contributed by atoms with E-state index in [-0.39, 0.29) is 0 Å². The Bertz CT molecular complexity index is 419. The van der Waals surface area contributed by atoms with Gasteiger partial charge in [-0.3, -0.25) is 0 Å². The van der Waals surface area contributed by atoms with Crippen molar-refractivity contribution in [3.8, 4) is 0 Å². The predicted octanol–water partition coefficient (Wildman–Crippen LogP) is 0.677. The molecule has 2 heterocycles. The number of hydrogen-bond donors (Lipinski definition) is 2. The number of aliphatic hydroxyl groups is 1. The van der Waals surface area contributed by atoms with Gasteiger partial charge in [0.05, 0.1) is 11.3 Å². The lowest BCUT2D eigenvalue weighted by atomic mass is 10.1. The zero-order valence-electron chi connectivity index (χ0n) is 9.18. The number of pyridine rings is 1. The summed E-state index contributed by atoms with van der Waals surface area (Å²) in [5.41, 5.74) is 5.54. The second-order valence-corrected chi connectivity index (χ2v) is 4.85. The van der Waals surface area contributed by atoms with Crippen LogP contribution in [0, 0.1) is 0 Å². The molecule has 1 aliphatic rings. The molecule has 0 spiro atoms. The van der Waals surface area contributed by atoms with Crippen LogP contribution in [0.2, 0.25) is 0 Å². The molecule has 0 saturated carbocycles. The van der Waals surface area contributed by atoms with Gasteiger partial charge in [-0.15, -0.1) is 0 Å². The maximum Gasteiger partial charge on any atom is 0.129 e. The lowest BCUT2D eigenvalue weighted by molar-refractivity contribution is 0.0839. The Morgan fingerprint density at radius 1 is 1.62 bits per heavy atom. The van der Waals surface area contributed by atoms with Crippen molar-refractivity contribution in [3.63, 3.8) is 0 Å². The number of nitrogens with two attached hydrogens (primary N) is 1. The van der Waals surface area contributed by atoms with E-state index in [0.717, 1.165) is 18.8 Å². The van der Waals surface area contributed by atoms with Crippen molar-refractivity contribution in [2.75, 3.05) is 18.0 Å². The molecule has 0 bridgehead atoms. The molecule has 4 nitrogen and oxygen atoms in total. The Kier molecular flexibility index (Phi) is 2.82. The predicted molar refractivity (Wildman–Crippen MR) is 67.6 cm³/mol. The van der Waals surface area contributed by atoms with Crippen molar-refractivity contribution in [1.29, 1.82) is 0 Å². The highest BCUT2D eigenvalue weighted by Gasteiger charge is 2.31. The highest BCUT2D eigenvalue weighted by Crippen LogP contribution is 2.24. The topological polar surface area (TPSA) is 62.4 Å². The first kappa shape index (κ1) is 11.3. The van der Waals surface area contributed by atoms with E-state index in [4.69, 9.17) is 18.0 Å². The quantitative estimate of drug-likeness (QED) is 0.741. The molecule has 0 radical (unpaired) electrons. The second kappa shape index (κ2) is 3.99. The zero-order chi connectivity index (χ0) is 11.8. The Morgan fingerprint density at radius 3 is 2.94 bits per heavy atom. The molecule has 5 heteroatoms. The smallest absolute Gasteiger partial charge is 0.129 e. The van der Waals surface area contributed by atoms with Gasteiger partial charge in [-0.25, -0.2) is 4.98 Å². The van der Waals surface area contributed by atoms with E-state index in [0.29, 0.717) is 17.2 Å². The van der Waals surface area contributed by atoms with Gasteiger partial charge in [0.25, 0.3) is 0 Å². The molecule has 1 saturated heterocycles. The first-order valence-electron chi connectivity index (χ1n) is 5.22. The van der Waals surface area contributed by atoms with Crippen LogP contribution >= 0.6 is 12.2 Å². The van der Waals surface area contributed by atoms with E-state index in [1.165, 1.54) is 0 Å². The SMILES string of the molecule is CC1(O)CCN(c2cccc(C(N)=S)n2)C1. The fourth-order valence-electron chi connectivity index (χ4n) is 1.88. The van der Waals surface area contributed by atoms with Gasteiger partial charge < -0.3 is 15.7 Å². The number of rotatable bonds is 2. The highest BCUT2D eigenvalue weighted by molar-refractivity contribution is 7.80. The maximum atomic E-state index is 9.88. The normalized spacial score (nSPS) is 24.8. The Balaban J connectivity index is 2.22. The van der Waals surface area contributed by atoms with Crippen molar-refractivity contribution in [1.82, 2.24) is 4.98 Å². The molecule has 1 fully saturated rings. The van der Waals surface area contributed by atoms with Gasteiger partial charge >= 0.3 is 0 Å². The monoisotopic (exact) mass is 237 g/mol. The summed E-state index contributed by atoms with van der Waals surface area (Å²) in [6, 6.07) is 5.58. The molecule has 16 heavy (non-hydrogen) atoms. The average molecular weight is 237 g/mol. The van der Waals surface area contributed by atoms with Crippen molar-refractivity contribution >= 4 is 23.0 Å². The maximum absolute atomic E-state index is 9.88. The first-order valence-corrected chi connectivity index (χ1v) is 5.63. The lowest BCUT2D eigenvalue weighted by Gasteiger charge is -2.20. The molecule has 1 aliphatic heterocycles. The van der Waals surface area contributed by atoms with Gasteiger partial charge in [0, 0.05) is 13.1 Å². The molecule has 3 N–H and O–H groups in total. The van der Waals surface area contributed by atoms with Crippen LogP contribution in [0.5, 0.6) is 0 Å². The van der Waals surface area contributed by atoms with Crippen LogP contribution in [0.3, 0.4) is 0 Å². The van der Waals surface area contributed by atoms with E-state index >= 15 is 0 Å². The number of β-amino-alcohol motifs (C(OH)–C–C–N with tert-alkyl or cyclic N) is 1. The number of nitrogens with zero attached hydrogens (tertiary/aromatic N) is 2. The van der Waals surface area contributed by atoms with E-state index in [9.17, 15) is 5.11 Å². The molecule has 1 unspecified atom stereocenters. The third-order valence-electron chi connectivity index (χ3n) is 2.76. The molecule has 1 aromatic rings. The van der Waals surface area contributed by atoms with Crippen molar-refractivity contribution in [3.05, 3.63) is 23.9 Å². The summed E-state index contributed by atoms with van der Waals surface area (Å²) in [5.74, 6) is 0.822. The van der Waals surface area contributed by atoms with Gasteiger partial charge in [-0.2, -0.15) is 0 Å². The van der Waals surface area contributed by atoms with Crippen molar-refractivity contribution in [2.45, 2.75) is 18.9 Å². The van der Waals surface area contributed by atoms with Crippen LogP contribution in [0.25, 0.3) is 0 Å². The standard InChI is InChI=1S/C11H15N3OS/c1-11(15)5-6-14(7-11)9-4-2-3-8(13-9)10(12)16/h2-4,15H,5-7H2,1H3,(H2,12,16). The molecular formula is C11H15N3OS. The average Bonchev–Trinajstić information content (AvgIpc) is 2.59.